The lowest BCUT2D eigenvalue weighted by molar-refractivity contribution is -0.131. The molecule has 0 radical (unpaired) electrons. The van der Waals surface area contributed by atoms with E-state index in [0.29, 0.717) is 6.54 Å². The van der Waals surface area contributed by atoms with E-state index in [2.05, 4.69) is 21.2 Å². The molecule has 0 aromatic heterocycles. The molecular formula is C13H16BrNO2. The van der Waals surface area contributed by atoms with Gasteiger partial charge in [-0.2, -0.15) is 0 Å². The molecule has 17 heavy (non-hydrogen) atoms. The first-order chi connectivity index (χ1) is 8.00. The normalized spacial score (nSPS) is 13.5. The fourth-order valence-corrected chi connectivity index (χ4v) is 2.14. The molecule has 0 heterocycles. The number of rotatable bonds is 5. The number of carboxylic acids is 1. The molecule has 1 aromatic carbocycles. The van der Waals surface area contributed by atoms with E-state index in [1.54, 1.807) is 6.92 Å². The van der Waals surface area contributed by atoms with Gasteiger partial charge in [-0.15, -0.1) is 0 Å². The van der Waals surface area contributed by atoms with Gasteiger partial charge in [-0.05, 0) is 25.5 Å². The molecule has 4 heteroatoms. The minimum atomic E-state index is -0.905. The molecule has 3 nitrogen and oxygen atoms in total. The molecule has 0 spiro atoms. The van der Waals surface area contributed by atoms with Crippen molar-refractivity contribution in [3.05, 3.63) is 46.0 Å². The molecule has 1 atom stereocenters. The number of benzene rings is 1. The number of nitrogens with one attached hydrogen (secondary N) is 1. The summed E-state index contributed by atoms with van der Waals surface area (Å²) in [4.78, 5) is 10.5. The average molecular weight is 298 g/mol. The summed E-state index contributed by atoms with van der Waals surface area (Å²) in [6.45, 7) is 4.41. The fraction of sp³-hybridized carbons (Fsp3) is 0.308. The van der Waals surface area contributed by atoms with Gasteiger partial charge in [0.05, 0.1) is 0 Å². The van der Waals surface area contributed by atoms with E-state index in [1.807, 2.05) is 31.2 Å². The lowest BCUT2D eigenvalue weighted by Gasteiger charge is -2.15. The van der Waals surface area contributed by atoms with Gasteiger partial charge in [-0.1, -0.05) is 39.7 Å². The molecular weight excluding hydrogens is 282 g/mol. The summed E-state index contributed by atoms with van der Waals surface area (Å²) in [6.07, 6.45) is 1.22. The van der Waals surface area contributed by atoms with E-state index >= 15 is 0 Å². The van der Waals surface area contributed by atoms with Crippen LogP contribution in [0.1, 0.15) is 25.5 Å². The van der Waals surface area contributed by atoms with E-state index in [-0.39, 0.29) is 6.04 Å². The Labute approximate surface area is 110 Å². The second kappa shape index (κ2) is 6.57. The van der Waals surface area contributed by atoms with Crippen molar-refractivity contribution in [2.24, 2.45) is 0 Å². The smallest absolute Gasteiger partial charge is 0.328 e. The third kappa shape index (κ3) is 4.71. The maximum Gasteiger partial charge on any atom is 0.328 e. The van der Waals surface area contributed by atoms with Gasteiger partial charge in [0.2, 0.25) is 0 Å². The maximum atomic E-state index is 10.5. The fourth-order valence-electron chi connectivity index (χ4n) is 1.51. The Kier molecular flexibility index (Phi) is 5.38. The molecule has 2 N–H and O–H groups in total. The van der Waals surface area contributed by atoms with E-state index in [4.69, 9.17) is 5.11 Å². The van der Waals surface area contributed by atoms with Gasteiger partial charge in [0, 0.05) is 23.1 Å². The summed E-state index contributed by atoms with van der Waals surface area (Å²) in [5, 5.41) is 11.9. The zero-order chi connectivity index (χ0) is 12.8. The van der Waals surface area contributed by atoms with Crippen LogP contribution in [0.25, 0.3) is 0 Å². The van der Waals surface area contributed by atoms with Crippen LogP contribution < -0.4 is 5.32 Å². The van der Waals surface area contributed by atoms with Gasteiger partial charge < -0.3 is 10.4 Å². The predicted octanol–water partition coefficient (Wildman–Crippen LogP) is 3.13. The Bertz CT molecular complexity index is 429. The van der Waals surface area contributed by atoms with Crippen molar-refractivity contribution in [3.8, 4) is 0 Å². The molecule has 0 aliphatic heterocycles. The summed E-state index contributed by atoms with van der Waals surface area (Å²) in [5.41, 5.74) is 1.96. The van der Waals surface area contributed by atoms with Crippen molar-refractivity contribution in [2.45, 2.75) is 19.9 Å². The first-order valence-electron chi connectivity index (χ1n) is 5.38. The van der Waals surface area contributed by atoms with E-state index in [1.165, 1.54) is 6.08 Å². The lowest BCUT2D eigenvalue weighted by atomic mass is 10.1. The first kappa shape index (κ1) is 13.9. The van der Waals surface area contributed by atoms with Gasteiger partial charge in [-0.3, -0.25) is 0 Å². The third-order valence-corrected chi connectivity index (χ3v) is 3.15. The van der Waals surface area contributed by atoms with Crippen LogP contribution in [-0.2, 0) is 4.79 Å². The van der Waals surface area contributed by atoms with Crippen molar-refractivity contribution in [1.82, 2.24) is 5.32 Å². The minimum Gasteiger partial charge on any atom is -0.478 e. The molecule has 1 rings (SSSR count). The molecule has 0 unspecified atom stereocenters. The van der Waals surface area contributed by atoms with Crippen LogP contribution in [-0.4, -0.2) is 17.6 Å². The van der Waals surface area contributed by atoms with E-state index in [0.717, 1.165) is 15.6 Å². The number of carbonyl (C=O) groups is 1. The molecule has 0 aliphatic carbocycles. The zero-order valence-corrected chi connectivity index (χ0v) is 11.5. The molecule has 0 aliphatic rings. The van der Waals surface area contributed by atoms with Crippen LogP contribution in [0.3, 0.4) is 0 Å². The monoisotopic (exact) mass is 297 g/mol. The largest absolute Gasteiger partial charge is 0.478 e. The van der Waals surface area contributed by atoms with Crippen LogP contribution in [0.2, 0.25) is 0 Å². The molecule has 0 saturated carbocycles. The predicted molar refractivity (Wildman–Crippen MR) is 72.0 cm³/mol. The maximum absolute atomic E-state index is 10.5. The molecule has 0 amide bonds. The van der Waals surface area contributed by atoms with Crippen LogP contribution in [0.4, 0.5) is 0 Å². The van der Waals surface area contributed by atoms with Crippen LogP contribution in [0.15, 0.2) is 40.4 Å². The summed E-state index contributed by atoms with van der Waals surface area (Å²) in [5.74, 6) is -0.905. The van der Waals surface area contributed by atoms with Gasteiger partial charge in [-0.25, -0.2) is 4.79 Å². The molecule has 0 fully saturated rings. The molecule has 0 saturated heterocycles. The number of aliphatic carboxylic acids is 1. The molecule has 1 aromatic rings. The Morgan fingerprint density at radius 1 is 1.53 bits per heavy atom. The molecule has 0 bridgehead atoms. The van der Waals surface area contributed by atoms with Gasteiger partial charge in [0.25, 0.3) is 0 Å². The van der Waals surface area contributed by atoms with E-state index < -0.39 is 5.97 Å². The number of hydrogen-bond donors (Lipinski definition) is 2. The third-order valence-electron chi connectivity index (χ3n) is 2.43. The van der Waals surface area contributed by atoms with Crippen LogP contribution in [0.5, 0.6) is 0 Å². The summed E-state index contributed by atoms with van der Waals surface area (Å²) in [7, 11) is 0. The second-order valence-corrected chi connectivity index (χ2v) is 4.81. The number of halogens is 1. The van der Waals surface area contributed by atoms with Gasteiger partial charge >= 0.3 is 5.97 Å². The summed E-state index contributed by atoms with van der Waals surface area (Å²) in [6, 6.07) is 8.15. The van der Waals surface area contributed by atoms with Gasteiger partial charge in [0.15, 0.2) is 0 Å². The topological polar surface area (TPSA) is 49.3 Å². The van der Waals surface area contributed by atoms with E-state index in [9.17, 15) is 4.79 Å². The highest BCUT2D eigenvalue weighted by molar-refractivity contribution is 9.10. The zero-order valence-electron chi connectivity index (χ0n) is 9.90. The SMILES string of the molecule is C/C(=C\C(=O)O)CN[C@@H](C)c1ccccc1Br. The molecule has 92 valence electrons. The quantitative estimate of drug-likeness (QED) is 0.821. The van der Waals surface area contributed by atoms with Gasteiger partial charge in [0.1, 0.15) is 0 Å². The van der Waals surface area contributed by atoms with Crippen molar-refractivity contribution in [2.75, 3.05) is 6.54 Å². The number of hydrogen-bond acceptors (Lipinski definition) is 2. The van der Waals surface area contributed by atoms with Crippen LogP contribution >= 0.6 is 15.9 Å². The Hall–Kier alpha value is -1.13. The minimum absolute atomic E-state index is 0.169. The highest BCUT2D eigenvalue weighted by atomic mass is 79.9. The van der Waals surface area contributed by atoms with Crippen molar-refractivity contribution in [3.63, 3.8) is 0 Å². The standard InChI is InChI=1S/C13H16BrNO2/c1-9(7-13(16)17)8-15-10(2)11-5-3-4-6-12(11)14/h3-7,10,15H,8H2,1-2H3,(H,16,17)/b9-7+/t10-/m0/s1. The Balaban J connectivity index is 2.59. The highest BCUT2D eigenvalue weighted by Crippen LogP contribution is 2.22. The van der Waals surface area contributed by atoms with Crippen LogP contribution in [0, 0.1) is 0 Å². The Morgan fingerprint density at radius 2 is 2.18 bits per heavy atom. The summed E-state index contributed by atoms with van der Waals surface area (Å²) >= 11 is 3.50. The Morgan fingerprint density at radius 3 is 2.76 bits per heavy atom. The summed E-state index contributed by atoms with van der Waals surface area (Å²) < 4.78 is 1.06. The number of carboxylic acid groups (broad SMARTS) is 1. The van der Waals surface area contributed by atoms with Crippen molar-refractivity contribution >= 4 is 21.9 Å². The van der Waals surface area contributed by atoms with Crippen molar-refractivity contribution in [1.29, 1.82) is 0 Å². The average Bonchev–Trinajstić information content (AvgIpc) is 2.25. The highest BCUT2D eigenvalue weighted by Gasteiger charge is 2.07. The van der Waals surface area contributed by atoms with Crippen molar-refractivity contribution < 1.29 is 9.90 Å². The first-order valence-corrected chi connectivity index (χ1v) is 6.18. The lowest BCUT2D eigenvalue weighted by Crippen LogP contribution is -2.21. The second-order valence-electron chi connectivity index (χ2n) is 3.95.